The van der Waals surface area contributed by atoms with E-state index in [0.717, 1.165) is 50.4 Å². The predicted octanol–water partition coefficient (Wildman–Crippen LogP) is 5.70. The van der Waals surface area contributed by atoms with Crippen molar-refractivity contribution in [3.05, 3.63) is 55.3 Å². The van der Waals surface area contributed by atoms with E-state index in [2.05, 4.69) is 34.8 Å². The molecule has 0 saturated carbocycles. The van der Waals surface area contributed by atoms with Crippen LogP contribution in [0, 0.1) is 0 Å². The van der Waals surface area contributed by atoms with E-state index in [-0.39, 0.29) is 17.3 Å². The summed E-state index contributed by atoms with van der Waals surface area (Å²) in [6.07, 6.45) is 3.35. The quantitative estimate of drug-likeness (QED) is 0.580. The second kappa shape index (κ2) is 7.20. The number of hydrogen-bond acceptors (Lipinski definition) is 4. The molecule has 5 rings (SSSR count). The third-order valence-electron chi connectivity index (χ3n) is 6.39. The first kappa shape index (κ1) is 21.3. The van der Waals surface area contributed by atoms with E-state index in [4.69, 9.17) is 25.8 Å². The van der Waals surface area contributed by atoms with Crippen molar-refractivity contribution in [3.63, 3.8) is 0 Å². The molecule has 1 aromatic carbocycles. The molecule has 5 nitrogen and oxygen atoms in total. The zero-order valence-corrected chi connectivity index (χ0v) is 20.4. The van der Waals surface area contributed by atoms with Gasteiger partial charge in [0.05, 0.1) is 11.1 Å². The first-order valence-electron chi connectivity index (χ1n) is 10.5. The number of H-pyrrole nitrogens is 1. The number of rotatable bonds is 3. The van der Waals surface area contributed by atoms with E-state index in [9.17, 15) is 4.79 Å². The maximum absolute atomic E-state index is 13.5. The topological polar surface area (TPSA) is 60.5 Å². The summed E-state index contributed by atoms with van der Waals surface area (Å²) in [5, 5.41) is 0.814. The number of aromatic amines is 1. The zero-order chi connectivity index (χ0) is 22.1. The smallest absolute Gasteiger partial charge is 0.195 e. The van der Waals surface area contributed by atoms with Crippen molar-refractivity contribution in [2.75, 3.05) is 13.2 Å². The molecule has 0 radical (unpaired) electrons. The number of halogens is 2. The minimum absolute atomic E-state index is 0.0507. The molecule has 2 aliphatic carbocycles. The molecule has 1 N–H and O–H groups in total. The molecule has 3 aliphatic rings. The maximum atomic E-state index is 13.5. The molecular weight excluding hydrogens is 482 g/mol. The molecule has 1 aromatic heterocycles. The van der Waals surface area contributed by atoms with Crippen LogP contribution in [0.3, 0.4) is 0 Å². The molecule has 0 unspecified atom stereocenters. The van der Waals surface area contributed by atoms with E-state index < -0.39 is 5.79 Å². The molecule has 0 amide bonds. The molecule has 2 heterocycles. The van der Waals surface area contributed by atoms with Crippen LogP contribution in [-0.4, -0.2) is 35.9 Å². The fourth-order valence-corrected chi connectivity index (χ4v) is 5.46. The lowest BCUT2D eigenvalue weighted by Crippen LogP contribution is -2.31. The van der Waals surface area contributed by atoms with Crippen LogP contribution >= 0.6 is 27.5 Å². The monoisotopic (exact) mass is 505 g/mol. The summed E-state index contributed by atoms with van der Waals surface area (Å²) in [5.74, 6) is 0.154. The molecule has 1 saturated heterocycles. The van der Waals surface area contributed by atoms with E-state index in [1.807, 2.05) is 32.1 Å². The van der Waals surface area contributed by atoms with Gasteiger partial charge in [-0.3, -0.25) is 4.79 Å². The molecule has 2 aromatic rings. The van der Waals surface area contributed by atoms with E-state index in [0.29, 0.717) is 24.5 Å². The van der Waals surface area contributed by atoms with Crippen LogP contribution in [0.15, 0.2) is 21.6 Å². The molecule has 0 bridgehead atoms. The Morgan fingerprint density at radius 1 is 1.26 bits per heavy atom. The molecule has 1 aliphatic heterocycles. The minimum Gasteiger partial charge on any atom is -0.490 e. The Morgan fingerprint density at radius 2 is 2.03 bits per heavy atom. The molecule has 1 fully saturated rings. The Hall–Kier alpha value is -1.60. The van der Waals surface area contributed by atoms with Crippen molar-refractivity contribution < 1.29 is 19.0 Å². The van der Waals surface area contributed by atoms with Crippen molar-refractivity contribution >= 4 is 39.4 Å². The summed E-state index contributed by atoms with van der Waals surface area (Å²) < 4.78 is 18.3. The highest BCUT2D eigenvalue weighted by Gasteiger charge is 2.42. The number of carbonyl (C=O) groups excluding carboxylic acids is 1. The molecule has 31 heavy (non-hydrogen) atoms. The first-order chi connectivity index (χ1) is 14.6. The summed E-state index contributed by atoms with van der Waals surface area (Å²) in [6.45, 7) is 8.93. The van der Waals surface area contributed by atoms with E-state index in [1.54, 1.807) is 0 Å². The molecule has 1 atom stereocenters. The van der Waals surface area contributed by atoms with Crippen molar-refractivity contribution in [2.24, 2.45) is 0 Å². The Kier molecular flexibility index (Phi) is 4.94. The van der Waals surface area contributed by atoms with Crippen LogP contribution in [0.2, 0.25) is 0 Å². The fraction of sp³-hybridized carbons (Fsp3) is 0.458. The van der Waals surface area contributed by atoms with Crippen molar-refractivity contribution in [3.8, 4) is 5.75 Å². The zero-order valence-electron chi connectivity index (χ0n) is 18.0. The van der Waals surface area contributed by atoms with Gasteiger partial charge >= 0.3 is 0 Å². The fourth-order valence-electron chi connectivity index (χ4n) is 4.80. The Morgan fingerprint density at radius 3 is 2.74 bits per heavy atom. The summed E-state index contributed by atoms with van der Waals surface area (Å²) in [7, 11) is 0. The second-order valence-corrected chi connectivity index (χ2v) is 10.7. The highest BCUT2D eigenvalue weighted by Crippen LogP contribution is 2.47. The lowest BCUT2D eigenvalue weighted by atomic mass is 9.70. The van der Waals surface area contributed by atoms with Crippen LogP contribution in [0.5, 0.6) is 5.75 Å². The Labute approximate surface area is 195 Å². The average Bonchev–Trinajstić information content (AvgIpc) is 3.25. The maximum Gasteiger partial charge on any atom is 0.195 e. The third-order valence-corrected chi connectivity index (χ3v) is 7.30. The van der Waals surface area contributed by atoms with E-state index in [1.165, 1.54) is 0 Å². The first-order valence-corrected chi connectivity index (χ1v) is 11.7. The number of carbonyl (C=O) groups is 1. The van der Waals surface area contributed by atoms with Gasteiger partial charge in [0.15, 0.2) is 11.6 Å². The van der Waals surface area contributed by atoms with Crippen molar-refractivity contribution in [1.29, 1.82) is 0 Å². The normalized spacial score (nSPS) is 23.1. The largest absolute Gasteiger partial charge is 0.490 e. The summed E-state index contributed by atoms with van der Waals surface area (Å²) in [6, 6.07) is 3.86. The molecule has 0 spiro atoms. The van der Waals surface area contributed by atoms with Gasteiger partial charge in [0, 0.05) is 33.0 Å². The van der Waals surface area contributed by atoms with Crippen LogP contribution in [-0.2, 0) is 21.3 Å². The number of nitrogens with one attached hydrogen (secondary N) is 1. The number of aromatic nitrogens is 1. The Bertz CT molecular complexity index is 1130. The Balaban J connectivity index is 1.51. The highest BCUT2D eigenvalue weighted by molar-refractivity contribution is 9.10. The lowest BCUT2D eigenvalue weighted by Gasteiger charge is -2.33. The third kappa shape index (κ3) is 3.48. The summed E-state index contributed by atoms with van der Waals surface area (Å²) in [5.41, 5.74) is 5.03. The van der Waals surface area contributed by atoms with Gasteiger partial charge in [-0.15, -0.1) is 0 Å². The minimum atomic E-state index is -0.587. The molecular formula is C24H25BrClNO4. The molecule has 164 valence electrons. The SMILES string of the molecule is CC1(C)OC[C@@H](COc2cc3c(cc2Br)C(=O)c2c([nH]c4c2CCC(Cl)=C4)C3(C)C)O1. The van der Waals surface area contributed by atoms with Gasteiger partial charge in [0.1, 0.15) is 18.5 Å². The number of ketones is 1. The van der Waals surface area contributed by atoms with Crippen molar-refractivity contribution in [1.82, 2.24) is 4.98 Å². The van der Waals surface area contributed by atoms with Gasteiger partial charge in [-0.25, -0.2) is 0 Å². The van der Waals surface area contributed by atoms with Gasteiger partial charge in [-0.1, -0.05) is 25.4 Å². The second-order valence-electron chi connectivity index (χ2n) is 9.40. The van der Waals surface area contributed by atoms with Crippen molar-refractivity contribution in [2.45, 2.75) is 57.8 Å². The van der Waals surface area contributed by atoms with Gasteiger partial charge in [-0.05, 0) is 72.0 Å². The van der Waals surface area contributed by atoms with Crippen LogP contribution in [0.4, 0.5) is 0 Å². The van der Waals surface area contributed by atoms with Gasteiger partial charge in [0.25, 0.3) is 0 Å². The number of fused-ring (bicyclic) bond motifs is 4. The number of ether oxygens (including phenoxy) is 3. The molecule has 7 heteroatoms. The average molecular weight is 507 g/mol. The standard InChI is InChI=1S/C24H25BrClNO4/c1-23(2)16-9-19(29-10-13-11-30-24(3,4)31-13)17(25)8-15(16)21(28)20-14-6-5-12(26)7-18(14)27-22(20)23/h7-9,13,27H,5-6,10-11H2,1-4H3/t13-/m1/s1. The number of hydrogen-bond donors (Lipinski definition) is 1. The van der Waals surface area contributed by atoms with E-state index >= 15 is 0 Å². The summed E-state index contributed by atoms with van der Waals surface area (Å²) >= 11 is 9.87. The number of benzene rings is 1. The highest BCUT2D eigenvalue weighted by atomic mass is 79.9. The van der Waals surface area contributed by atoms with Gasteiger partial charge in [-0.2, -0.15) is 0 Å². The van der Waals surface area contributed by atoms with Crippen LogP contribution in [0.1, 0.15) is 72.6 Å². The lowest BCUT2D eigenvalue weighted by molar-refractivity contribution is -0.141. The number of allylic oxidation sites excluding steroid dienone is 1. The van der Waals surface area contributed by atoms with Gasteiger partial charge < -0.3 is 19.2 Å². The van der Waals surface area contributed by atoms with Gasteiger partial charge in [0.2, 0.25) is 0 Å². The summed E-state index contributed by atoms with van der Waals surface area (Å²) in [4.78, 5) is 17.0. The van der Waals surface area contributed by atoms with Crippen LogP contribution in [0.25, 0.3) is 6.08 Å². The van der Waals surface area contributed by atoms with Crippen LogP contribution < -0.4 is 4.74 Å². The predicted molar refractivity (Wildman–Crippen MR) is 123 cm³/mol.